The normalized spacial score (nSPS) is 11.5. The lowest BCUT2D eigenvalue weighted by molar-refractivity contribution is 0.0264. The van der Waals surface area contributed by atoms with Crippen LogP contribution in [0.1, 0.15) is 40.3 Å². The standard InChI is InChI=1S/C22H33N5O3.HI/c1-6-23-20(24-13-14-27(7-2)21(28)30-22(3,4)5)25-15-18-16-29-19(26-18)17-11-9-8-10-12-17;/h8-12,16H,6-7,13-15H2,1-5H3,(H2,23,24,25);1H. The molecule has 8 nitrogen and oxygen atoms in total. The van der Waals surface area contributed by atoms with E-state index in [1.54, 1.807) is 11.2 Å². The van der Waals surface area contributed by atoms with Gasteiger partial charge in [-0.25, -0.2) is 14.8 Å². The van der Waals surface area contributed by atoms with Gasteiger partial charge < -0.3 is 24.7 Å². The van der Waals surface area contributed by atoms with Crippen LogP contribution in [-0.2, 0) is 11.3 Å². The van der Waals surface area contributed by atoms with Gasteiger partial charge in [0.2, 0.25) is 5.89 Å². The van der Waals surface area contributed by atoms with E-state index in [4.69, 9.17) is 9.15 Å². The summed E-state index contributed by atoms with van der Waals surface area (Å²) in [6.45, 7) is 12.3. The van der Waals surface area contributed by atoms with E-state index in [0.29, 0.717) is 38.0 Å². The summed E-state index contributed by atoms with van der Waals surface area (Å²) < 4.78 is 11.0. The SMILES string of the molecule is CCNC(=NCc1coc(-c2ccccc2)n1)NCCN(CC)C(=O)OC(C)(C)C.I. The number of halogens is 1. The van der Waals surface area contributed by atoms with Gasteiger partial charge in [-0.15, -0.1) is 24.0 Å². The molecule has 1 aromatic carbocycles. The number of carbonyl (C=O) groups excluding carboxylic acids is 1. The second-order valence-electron chi connectivity index (χ2n) is 7.69. The highest BCUT2D eigenvalue weighted by Gasteiger charge is 2.20. The summed E-state index contributed by atoms with van der Waals surface area (Å²) in [4.78, 5) is 22.9. The highest BCUT2D eigenvalue weighted by atomic mass is 127. The van der Waals surface area contributed by atoms with E-state index in [-0.39, 0.29) is 30.1 Å². The fourth-order valence-corrected chi connectivity index (χ4v) is 2.61. The number of hydrogen-bond donors (Lipinski definition) is 2. The largest absolute Gasteiger partial charge is 0.444 e. The van der Waals surface area contributed by atoms with Gasteiger partial charge in [0, 0.05) is 31.7 Å². The van der Waals surface area contributed by atoms with Crippen LogP contribution in [0, 0.1) is 0 Å². The lowest BCUT2D eigenvalue weighted by Crippen LogP contribution is -2.44. The van der Waals surface area contributed by atoms with Crippen LogP contribution in [0.2, 0.25) is 0 Å². The highest BCUT2D eigenvalue weighted by molar-refractivity contribution is 14.0. The summed E-state index contributed by atoms with van der Waals surface area (Å²) in [7, 11) is 0. The first-order chi connectivity index (χ1) is 14.3. The predicted molar refractivity (Wildman–Crippen MR) is 134 cm³/mol. The van der Waals surface area contributed by atoms with Gasteiger partial charge in [-0.3, -0.25) is 0 Å². The number of hydrogen-bond acceptors (Lipinski definition) is 5. The minimum absolute atomic E-state index is 0. The first-order valence-corrected chi connectivity index (χ1v) is 10.3. The van der Waals surface area contributed by atoms with Crippen molar-refractivity contribution >= 4 is 36.0 Å². The number of nitrogens with zero attached hydrogens (tertiary/aromatic N) is 3. The van der Waals surface area contributed by atoms with Gasteiger partial charge >= 0.3 is 6.09 Å². The molecule has 0 unspecified atom stereocenters. The number of aliphatic imine (C=N–C) groups is 1. The first-order valence-electron chi connectivity index (χ1n) is 10.3. The van der Waals surface area contributed by atoms with Crippen molar-refractivity contribution in [1.29, 1.82) is 0 Å². The van der Waals surface area contributed by atoms with Crippen LogP contribution in [-0.4, -0.2) is 53.7 Å². The molecule has 0 aliphatic heterocycles. The fourth-order valence-electron chi connectivity index (χ4n) is 2.61. The number of benzene rings is 1. The van der Waals surface area contributed by atoms with Crippen LogP contribution in [0.4, 0.5) is 4.79 Å². The van der Waals surface area contributed by atoms with Gasteiger partial charge in [0.25, 0.3) is 0 Å². The van der Waals surface area contributed by atoms with Gasteiger partial charge in [0.1, 0.15) is 17.6 Å². The summed E-state index contributed by atoms with van der Waals surface area (Å²) in [6, 6.07) is 9.75. The molecule has 9 heteroatoms. The molecule has 0 aliphatic carbocycles. The van der Waals surface area contributed by atoms with Crippen molar-refractivity contribution in [3.63, 3.8) is 0 Å². The van der Waals surface area contributed by atoms with Crippen molar-refractivity contribution in [2.75, 3.05) is 26.2 Å². The number of amides is 1. The Labute approximate surface area is 201 Å². The molecule has 2 rings (SSSR count). The molecular formula is C22H34IN5O3. The molecule has 1 amide bonds. The van der Waals surface area contributed by atoms with Gasteiger partial charge in [-0.1, -0.05) is 18.2 Å². The Morgan fingerprint density at radius 3 is 2.52 bits per heavy atom. The number of likely N-dealkylation sites (N-methyl/N-ethyl adjacent to an activating group) is 1. The lowest BCUT2D eigenvalue weighted by Gasteiger charge is -2.26. The third kappa shape index (κ3) is 9.58. The minimum atomic E-state index is -0.509. The molecule has 0 saturated carbocycles. The molecule has 0 bridgehead atoms. The van der Waals surface area contributed by atoms with Gasteiger partial charge in [0.05, 0.1) is 6.54 Å². The molecule has 0 atom stereocenters. The molecule has 0 radical (unpaired) electrons. The molecule has 2 aromatic rings. The Balaban J connectivity index is 0.00000480. The monoisotopic (exact) mass is 543 g/mol. The van der Waals surface area contributed by atoms with E-state index in [1.807, 2.05) is 65.0 Å². The second kappa shape index (κ2) is 13.2. The number of carbonyl (C=O) groups is 1. The summed E-state index contributed by atoms with van der Waals surface area (Å²) in [5.41, 5.74) is 1.17. The molecule has 1 heterocycles. The first kappa shape index (κ1) is 26.7. The lowest BCUT2D eigenvalue weighted by atomic mass is 10.2. The van der Waals surface area contributed by atoms with Crippen LogP contribution in [0.25, 0.3) is 11.5 Å². The van der Waals surface area contributed by atoms with Crippen molar-refractivity contribution in [1.82, 2.24) is 20.5 Å². The molecule has 1 aromatic heterocycles. The van der Waals surface area contributed by atoms with Gasteiger partial charge in [0.15, 0.2) is 5.96 Å². The third-order valence-electron chi connectivity index (χ3n) is 4.02. The molecule has 0 spiro atoms. The second-order valence-corrected chi connectivity index (χ2v) is 7.69. The zero-order valence-corrected chi connectivity index (χ0v) is 21.3. The van der Waals surface area contributed by atoms with Crippen molar-refractivity contribution in [3.8, 4) is 11.5 Å². The smallest absolute Gasteiger partial charge is 0.410 e. The van der Waals surface area contributed by atoms with Crippen molar-refractivity contribution in [2.24, 2.45) is 4.99 Å². The van der Waals surface area contributed by atoms with Crippen LogP contribution in [0.3, 0.4) is 0 Å². The number of nitrogens with one attached hydrogen (secondary N) is 2. The zero-order chi connectivity index (χ0) is 22.0. The average molecular weight is 543 g/mol. The Bertz CT molecular complexity index is 818. The molecule has 0 fully saturated rings. The topological polar surface area (TPSA) is 92.0 Å². The molecule has 0 aliphatic rings. The molecular weight excluding hydrogens is 509 g/mol. The fraction of sp³-hybridized carbons (Fsp3) is 0.500. The number of oxazole rings is 1. The molecule has 0 saturated heterocycles. The van der Waals surface area contributed by atoms with Crippen LogP contribution < -0.4 is 10.6 Å². The van der Waals surface area contributed by atoms with Crippen LogP contribution in [0.5, 0.6) is 0 Å². The Hall–Kier alpha value is -2.30. The maximum Gasteiger partial charge on any atom is 0.410 e. The third-order valence-corrected chi connectivity index (χ3v) is 4.02. The summed E-state index contributed by atoms with van der Waals surface area (Å²) in [5.74, 6) is 1.23. The highest BCUT2D eigenvalue weighted by Crippen LogP contribution is 2.18. The van der Waals surface area contributed by atoms with Gasteiger partial charge in [-0.2, -0.15) is 0 Å². The van der Waals surface area contributed by atoms with Gasteiger partial charge in [-0.05, 0) is 46.8 Å². The Morgan fingerprint density at radius 1 is 1.19 bits per heavy atom. The molecule has 2 N–H and O–H groups in total. The Kier molecular flexibility index (Phi) is 11.4. The van der Waals surface area contributed by atoms with Crippen molar-refractivity contribution < 1.29 is 13.9 Å². The van der Waals surface area contributed by atoms with E-state index in [2.05, 4.69) is 20.6 Å². The Morgan fingerprint density at radius 2 is 1.90 bits per heavy atom. The summed E-state index contributed by atoms with van der Waals surface area (Å²) in [5, 5.41) is 6.44. The quantitative estimate of drug-likeness (QED) is 0.294. The van der Waals surface area contributed by atoms with E-state index >= 15 is 0 Å². The van der Waals surface area contributed by atoms with Crippen molar-refractivity contribution in [2.45, 2.75) is 46.8 Å². The summed E-state index contributed by atoms with van der Waals surface area (Å²) >= 11 is 0. The summed E-state index contributed by atoms with van der Waals surface area (Å²) in [6.07, 6.45) is 1.31. The zero-order valence-electron chi connectivity index (χ0n) is 19.0. The number of ether oxygens (including phenoxy) is 1. The van der Waals surface area contributed by atoms with E-state index in [1.165, 1.54) is 0 Å². The molecule has 172 valence electrons. The van der Waals surface area contributed by atoms with E-state index < -0.39 is 5.60 Å². The number of aromatic nitrogens is 1. The van der Waals surface area contributed by atoms with E-state index in [9.17, 15) is 4.79 Å². The average Bonchev–Trinajstić information content (AvgIpc) is 3.17. The number of rotatable bonds is 8. The van der Waals surface area contributed by atoms with Crippen LogP contribution >= 0.6 is 24.0 Å². The number of guanidine groups is 1. The van der Waals surface area contributed by atoms with E-state index in [0.717, 1.165) is 17.8 Å². The molecule has 31 heavy (non-hydrogen) atoms. The maximum atomic E-state index is 12.2. The van der Waals surface area contributed by atoms with Crippen LogP contribution in [0.15, 0.2) is 46.0 Å². The maximum absolute atomic E-state index is 12.2. The minimum Gasteiger partial charge on any atom is -0.444 e. The van der Waals surface area contributed by atoms with Crippen molar-refractivity contribution in [3.05, 3.63) is 42.3 Å². The predicted octanol–water partition coefficient (Wildman–Crippen LogP) is 4.27.